The van der Waals surface area contributed by atoms with Crippen LogP contribution in [0.15, 0.2) is 4.99 Å². The van der Waals surface area contributed by atoms with E-state index in [0.29, 0.717) is 6.10 Å². The first kappa shape index (κ1) is 12.2. The van der Waals surface area contributed by atoms with E-state index >= 15 is 0 Å². The molecule has 0 spiro atoms. The third-order valence-electron chi connectivity index (χ3n) is 3.00. The van der Waals surface area contributed by atoms with Crippen LogP contribution in [0.3, 0.4) is 0 Å². The molecule has 2 saturated heterocycles. The maximum Gasteiger partial charge on any atom is 0.157 e. The van der Waals surface area contributed by atoms with E-state index in [9.17, 15) is 0 Å². The van der Waals surface area contributed by atoms with Crippen LogP contribution in [0.2, 0.25) is 0 Å². The molecule has 3 nitrogen and oxygen atoms in total. The zero-order valence-corrected chi connectivity index (χ0v) is 11.1. The highest BCUT2D eigenvalue weighted by Crippen LogP contribution is 2.22. The van der Waals surface area contributed by atoms with Crippen molar-refractivity contribution in [3.63, 3.8) is 0 Å². The molecule has 1 N–H and O–H groups in total. The second-order valence-electron chi connectivity index (χ2n) is 5.26. The molecule has 0 aromatic rings. The summed E-state index contributed by atoms with van der Waals surface area (Å²) in [6, 6.07) is 0. The summed E-state index contributed by atoms with van der Waals surface area (Å²) in [6.07, 6.45) is 5.30. The molecular formula is C12H22N2OS. The third kappa shape index (κ3) is 3.67. The van der Waals surface area contributed by atoms with Crippen molar-refractivity contribution in [3.05, 3.63) is 0 Å². The van der Waals surface area contributed by atoms with Gasteiger partial charge < -0.3 is 10.1 Å². The summed E-state index contributed by atoms with van der Waals surface area (Å²) < 4.78 is 5.69. The van der Waals surface area contributed by atoms with Crippen molar-refractivity contribution < 1.29 is 4.74 Å². The Morgan fingerprint density at radius 1 is 1.50 bits per heavy atom. The largest absolute Gasteiger partial charge is 0.378 e. The quantitative estimate of drug-likeness (QED) is 0.825. The van der Waals surface area contributed by atoms with Crippen LogP contribution in [0.5, 0.6) is 0 Å². The van der Waals surface area contributed by atoms with Gasteiger partial charge in [-0.2, -0.15) is 0 Å². The lowest BCUT2D eigenvalue weighted by Gasteiger charge is -2.21. The Hall–Kier alpha value is -0.220. The topological polar surface area (TPSA) is 33.6 Å². The van der Waals surface area contributed by atoms with E-state index in [-0.39, 0.29) is 5.54 Å². The lowest BCUT2D eigenvalue weighted by atomic mass is 10.1. The van der Waals surface area contributed by atoms with Gasteiger partial charge in [0, 0.05) is 24.4 Å². The van der Waals surface area contributed by atoms with Gasteiger partial charge in [0.05, 0.1) is 6.10 Å². The Labute approximate surface area is 102 Å². The molecule has 4 heteroatoms. The van der Waals surface area contributed by atoms with E-state index in [4.69, 9.17) is 4.74 Å². The van der Waals surface area contributed by atoms with Crippen LogP contribution in [0, 0.1) is 0 Å². The summed E-state index contributed by atoms with van der Waals surface area (Å²) >= 11 is 1.83. The van der Waals surface area contributed by atoms with Crippen molar-refractivity contribution in [2.75, 3.05) is 18.9 Å². The Bertz CT molecular complexity index is 260. The number of nitrogens with zero attached hydrogens (tertiary/aromatic N) is 1. The normalized spacial score (nSPS) is 31.6. The van der Waals surface area contributed by atoms with Crippen LogP contribution in [0.25, 0.3) is 0 Å². The van der Waals surface area contributed by atoms with Crippen molar-refractivity contribution in [2.45, 2.75) is 51.2 Å². The molecule has 2 aliphatic rings. The van der Waals surface area contributed by atoms with E-state index in [1.165, 1.54) is 19.3 Å². The number of ether oxygens (including phenoxy) is 1. The van der Waals surface area contributed by atoms with Crippen molar-refractivity contribution in [3.8, 4) is 0 Å². The van der Waals surface area contributed by atoms with Gasteiger partial charge in [0.2, 0.25) is 0 Å². The van der Waals surface area contributed by atoms with Gasteiger partial charge in [-0.05, 0) is 39.5 Å². The summed E-state index contributed by atoms with van der Waals surface area (Å²) in [6.45, 7) is 6.27. The summed E-state index contributed by atoms with van der Waals surface area (Å²) in [7, 11) is 0. The fourth-order valence-corrected chi connectivity index (χ4v) is 3.14. The molecule has 2 heterocycles. The Morgan fingerprint density at radius 2 is 2.38 bits per heavy atom. The van der Waals surface area contributed by atoms with E-state index in [2.05, 4.69) is 24.2 Å². The van der Waals surface area contributed by atoms with Gasteiger partial charge in [-0.3, -0.25) is 4.99 Å². The fraction of sp³-hybridized carbons (Fsp3) is 0.917. The number of hydrogen-bond donors (Lipinski definition) is 1. The van der Waals surface area contributed by atoms with Gasteiger partial charge in [-0.25, -0.2) is 0 Å². The lowest BCUT2D eigenvalue weighted by molar-refractivity contribution is 0.0129. The molecule has 16 heavy (non-hydrogen) atoms. The van der Waals surface area contributed by atoms with Gasteiger partial charge >= 0.3 is 0 Å². The Kier molecular flexibility index (Phi) is 4.14. The highest BCUT2D eigenvalue weighted by Gasteiger charge is 2.27. The van der Waals surface area contributed by atoms with E-state index in [1.54, 1.807) is 0 Å². The predicted octanol–water partition coefficient (Wildman–Crippen LogP) is 2.42. The monoisotopic (exact) mass is 242 g/mol. The van der Waals surface area contributed by atoms with Crippen molar-refractivity contribution >= 4 is 16.9 Å². The smallest absolute Gasteiger partial charge is 0.157 e. The van der Waals surface area contributed by atoms with Crippen LogP contribution >= 0.6 is 11.8 Å². The van der Waals surface area contributed by atoms with Gasteiger partial charge in [-0.15, -0.1) is 0 Å². The molecule has 2 fully saturated rings. The van der Waals surface area contributed by atoms with Crippen molar-refractivity contribution in [2.24, 2.45) is 4.99 Å². The maximum absolute atomic E-state index is 5.69. The van der Waals surface area contributed by atoms with E-state index in [0.717, 1.165) is 30.5 Å². The molecule has 0 radical (unpaired) electrons. The second-order valence-corrected chi connectivity index (χ2v) is 6.23. The average molecular weight is 242 g/mol. The molecule has 1 unspecified atom stereocenters. The first-order valence-corrected chi connectivity index (χ1v) is 7.21. The molecule has 92 valence electrons. The minimum absolute atomic E-state index is 0.213. The predicted molar refractivity (Wildman–Crippen MR) is 70.2 cm³/mol. The first-order valence-electron chi connectivity index (χ1n) is 6.23. The van der Waals surface area contributed by atoms with Gasteiger partial charge in [0.15, 0.2) is 5.17 Å². The van der Waals surface area contributed by atoms with Crippen LogP contribution in [0.4, 0.5) is 0 Å². The molecule has 0 aromatic carbocycles. The van der Waals surface area contributed by atoms with Crippen molar-refractivity contribution in [1.29, 1.82) is 0 Å². The third-order valence-corrected chi connectivity index (χ3v) is 4.37. The highest BCUT2D eigenvalue weighted by molar-refractivity contribution is 8.14. The second kappa shape index (κ2) is 5.41. The average Bonchev–Trinajstić information content (AvgIpc) is 2.60. The van der Waals surface area contributed by atoms with Crippen LogP contribution in [-0.2, 0) is 4.74 Å². The number of nitrogens with one attached hydrogen (secondary N) is 1. The van der Waals surface area contributed by atoms with E-state index < -0.39 is 0 Å². The minimum Gasteiger partial charge on any atom is -0.378 e. The summed E-state index contributed by atoms with van der Waals surface area (Å²) in [5.41, 5.74) is 0.213. The molecule has 0 bridgehead atoms. The summed E-state index contributed by atoms with van der Waals surface area (Å²) in [4.78, 5) is 4.60. The van der Waals surface area contributed by atoms with Gasteiger partial charge in [-0.1, -0.05) is 11.8 Å². The Balaban J connectivity index is 1.69. The van der Waals surface area contributed by atoms with Crippen LogP contribution < -0.4 is 5.32 Å². The molecule has 0 saturated carbocycles. The molecule has 0 aromatic heterocycles. The zero-order chi connectivity index (χ0) is 11.4. The molecule has 2 aliphatic heterocycles. The SMILES string of the molecule is CC1(C)CSC(=NCCC2CCCCO2)N1. The lowest BCUT2D eigenvalue weighted by Crippen LogP contribution is -2.37. The molecule has 0 aliphatic carbocycles. The number of thioether (sulfide) groups is 1. The summed E-state index contributed by atoms with van der Waals surface area (Å²) in [5, 5.41) is 4.55. The maximum atomic E-state index is 5.69. The summed E-state index contributed by atoms with van der Waals surface area (Å²) in [5.74, 6) is 1.12. The molecule has 1 atom stereocenters. The number of amidine groups is 1. The van der Waals surface area contributed by atoms with Gasteiger partial charge in [0.25, 0.3) is 0 Å². The number of aliphatic imine (C=N–C) groups is 1. The molecular weight excluding hydrogens is 220 g/mol. The van der Waals surface area contributed by atoms with Crippen molar-refractivity contribution in [1.82, 2.24) is 5.32 Å². The van der Waals surface area contributed by atoms with Crippen LogP contribution in [0.1, 0.15) is 39.5 Å². The minimum atomic E-state index is 0.213. The zero-order valence-electron chi connectivity index (χ0n) is 10.3. The van der Waals surface area contributed by atoms with E-state index in [1.807, 2.05) is 11.8 Å². The molecule has 0 amide bonds. The Morgan fingerprint density at radius 3 is 3.00 bits per heavy atom. The highest BCUT2D eigenvalue weighted by atomic mass is 32.2. The number of rotatable bonds is 3. The first-order chi connectivity index (χ1) is 7.66. The number of hydrogen-bond acceptors (Lipinski definition) is 3. The standard InChI is InChI=1S/C12H22N2OS/c1-12(2)9-16-11(14-12)13-7-6-10-5-3-4-8-15-10/h10H,3-9H2,1-2H3,(H,13,14). The fourth-order valence-electron chi connectivity index (χ4n) is 2.04. The molecule has 2 rings (SSSR count). The van der Waals surface area contributed by atoms with Gasteiger partial charge in [0.1, 0.15) is 0 Å². The van der Waals surface area contributed by atoms with Crippen LogP contribution in [-0.4, -0.2) is 35.7 Å².